The van der Waals surface area contributed by atoms with Crippen molar-refractivity contribution >= 4 is 114 Å². The Bertz CT molecular complexity index is 2950. The summed E-state index contributed by atoms with van der Waals surface area (Å²) in [6, 6.07) is 15.7. The van der Waals surface area contributed by atoms with E-state index in [0.717, 1.165) is 25.0 Å². The lowest BCUT2D eigenvalue weighted by atomic mass is 9.68. The Morgan fingerprint density at radius 1 is 0.764 bits per heavy atom. The number of carbonyl (C=O) groups is 2. The summed E-state index contributed by atoms with van der Waals surface area (Å²) < 4.78 is 37.8. The SMILES string of the molecule is C1CC2(C1)CCNC2.COc1cc2ncnc(Nc3ccc(F)c(Cl)c3)c2cc1CC(=O)/C=C/CBr.COc1cc2ncnc(Nc3ccc(F)c(Cl)c3)c2cc1NC(=O)/C=C/CN1CCC2(CCC2)C1.Cl. The van der Waals surface area contributed by atoms with Crippen molar-refractivity contribution in [3.8, 4) is 11.5 Å². The van der Waals surface area contributed by atoms with Crippen LogP contribution < -0.4 is 30.7 Å². The minimum Gasteiger partial charge on any atom is -0.496 e. The second-order valence-electron chi connectivity index (χ2n) is 18.4. The number of methoxy groups -OCH3 is 2. The van der Waals surface area contributed by atoms with Crippen LogP contribution in [0.2, 0.25) is 10.0 Å². The van der Waals surface area contributed by atoms with Crippen molar-refractivity contribution in [3.05, 3.63) is 125 Å². The van der Waals surface area contributed by atoms with Crippen LogP contribution in [0, 0.1) is 22.5 Å². The van der Waals surface area contributed by atoms with Crippen LogP contribution in [0.25, 0.3) is 21.8 Å². The number of ketones is 1. The van der Waals surface area contributed by atoms with Crippen molar-refractivity contribution in [1.29, 1.82) is 0 Å². The molecule has 4 N–H and O–H groups in total. The number of carbonyl (C=O) groups excluding carboxylic acids is 2. The zero-order chi connectivity index (χ0) is 50.0. The van der Waals surface area contributed by atoms with E-state index < -0.39 is 11.6 Å². The Morgan fingerprint density at radius 3 is 1.86 bits per heavy atom. The molecule has 4 fully saturated rings. The highest BCUT2D eigenvalue weighted by molar-refractivity contribution is 9.09. The number of likely N-dealkylation sites (tertiary alicyclic amines) is 1. The number of halogens is 6. The van der Waals surface area contributed by atoms with Gasteiger partial charge in [0.05, 0.1) is 41.0 Å². The number of alkyl halides is 1. The van der Waals surface area contributed by atoms with Gasteiger partial charge >= 0.3 is 0 Å². The summed E-state index contributed by atoms with van der Waals surface area (Å²) in [5.41, 5.74) is 5.00. The van der Waals surface area contributed by atoms with Gasteiger partial charge in [-0.3, -0.25) is 14.5 Å². The first-order valence-electron chi connectivity index (χ1n) is 23.6. The van der Waals surface area contributed by atoms with Gasteiger partial charge in [0.15, 0.2) is 5.78 Å². The van der Waals surface area contributed by atoms with Crippen molar-refractivity contribution in [1.82, 2.24) is 30.2 Å². The number of rotatable bonds is 14. The van der Waals surface area contributed by atoms with Gasteiger partial charge in [0, 0.05) is 77.3 Å². The largest absolute Gasteiger partial charge is 0.496 e. The number of hydrogen-bond donors (Lipinski definition) is 4. The highest BCUT2D eigenvalue weighted by Crippen LogP contribution is 2.48. The molecule has 72 heavy (non-hydrogen) atoms. The van der Waals surface area contributed by atoms with Gasteiger partial charge in [0.25, 0.3) is 0 Å². The van der Waals surface area contributed by atoms with Gasteiger partial charge in [0.1, 0.15) is 47.4 Å². The molecule has 2 aromatic heterocycles. The van der Waals surface area contributed by atoms with E-state index in [1.54, 1.807) is 49.6 Å². The van der Waals surface area contributed by atoms with Gasteiger partial charge in [-0.25, -0.2) is 28.7 Å². The minimum absolute atomic E-state index is 0. The van der Waals surface area contributed by atoms with Gasteiger partial charge in [-0.1, -0.05) is 64.1 Å². The molecule has 0 atom stereocenters. The molecule has 13 nitrogen and oxygen atoms in total. The Labute approximate surface area is 442 Å². The molecular weight excluding hydrogens is 1050 g/mol. The zero-order valence-electron chi connectivity index (χ0n) is 40.0. The van der Waals surface area contributed by atoms with Crippen molar-refractivity contribution < 1.29 is 27.8 Å². The van der Waals surface area contributed by atoms with Crippen LogP contribution in [0.1, 0.15) is 56.9 Å². The van der Waals surface area contributed by atoms with E-state index in [1.807, 2.05) is 12.1 Å². The van der Waals surface area contributed by atoms with E-state index in [0.29, 0.717) is 78.3 Å². The number of nitrogens with zero attached hydrogens (tertiary/aromatic N) is 5. The predicted octanol–water partition coefficient (Wildman–Crippen LogP) is 12.4. The number of hydrogen-bond acceptors (Lipinski definition) is 12. The Kier molecular flexibility index (Phi) is 18.8. The maximum Gasteiger partial charge on any atom is 0.248 e. The van der Waals surface area contributed by atoms with E-state index in [1.165, 1.54) is 115 Å². The normalized spacial score (nSPS) is 16.3. The van der Waals surface area contributed by atoms with Gasteiger partial charge < -0.3 is 30.7 Å². The lowest BCUT2D eigenvalue weighted by Crippen LogP contribution is -2.33. The molecule has 0 radical (unpaired) electrons. The van der Waals surface area contributed by atoms with Crippen molar-refractivity contribution in [2.45, 2.75) is 57.8 Å². The third kappa shape index (κ3) is 13.6. The van der Waals surface area contributed by atoms with Gasteiger partial charge in [0.2, 0.25) is 5.91 Å². The molecule has 2 aliphatic heterocycles. The Morgan fingerprint density at radius 2 is 1.36 bits per heavy atom. The van der Waals surface area contributed by atoms with E-state index >= 15 is 0 Å². The first-order chi connectivity index (χ1) is 34.4. The van der Waals surface area contributed by atoms with Gasteiger partial charge in [-0.05, 0) is 117 Å². The Hall–Kier alpha value is -5.49. The maximum atomic E-state index is 13.5. The third-order valence-electron chi connectivity index (χ3n) is 13.7. The molecule has 0 unspecified atom stereocenters. The van der Waals surface area contributed by atoms with Crippen LogP contribution in [-0.2, 0) is 16.0 Å². The molecule has 10 rings (SSSR count). The molecule has 4 heterocycles. The highest BCUT2D eigenvalue weighted by Gasteiger charge is 2.42. The summed E-state index contributed by atoms with van der Waals surface area (Å²) in [5.74, 6) is 0.778. The molecular formula is C53H57BrCl3F2N9O4. The fourth-order valence-corrected chi connectivity index (χ4v) is 10.0. The molecule has 1 amide bonds. The van der Waals surface area contributed by atoms with Crippen LogP contribution in [0.4, 0.5) is 37.5 Å². The molecule has 2 saturated heterocycles. The van der Waals surface area contributed by atoms with Crippen LogP contribution in [-0.4, -0.2) is 88.8 Å². The minimum atomic E-state index is -0.500. The number of aromatic nitrogens is 4. The molecule has 2 aliphatic carbocycles. The monoisotopic (exact) mass is 1110 g/mol. The Balaban J connectivity index is 0.000000183. The molecule has 2 saturated carbocycles. The van der Waals surface area contributed by atoms with Gasteiger partial charge in [-0.2, -0.15) is 0 Å². The second-order valence-corrected chi connectivity index (χ2v) is 19.9. The predicted molar refractivity (Wildman–Crippen MR) is 289 cm³/mol. The molecule has 19 heteroatoms. The maximum absolute atomic E-state index is 13.5. The standard InChI is InChI=1S/C26H27ClFN5O2.C20H16BrClFN3O2.C7H13N.ClH/c1-35-23-14-21-18(25(30-16-29-21)31-17-5-6-20(28)19(27)12-17)13-22(23)32-24(34)4-2-10-33-11-9-26(15-33)7-3-8-26;1-28-19-10-18-15(8-12(19)7-14(27)3-2-6-21)20(25-11-24-18)26-13-4-5-17(23)16(22)9-13;1-2-7(3-1)4-5-8-6-7;/h2,4-6,12-14,16H,3,7-11,15H2,1H3,(H,32,34)(H,29,30,31);2-5,8-11H,6-7H2,1H3,(H,24,25,26);8H,1-6H2;1H/b4-2+;3-2+;;. The smallest absolute Gasteiger partial charge is 0.248 e. The molecule has 2 spiro atoms. The molecule has 0 bridgehead atoms. The summed E-state index contributed by atoms with van der Waals surface area (Å²) >= 11 is 15.0. The average molecular weight is 1110 g/mol. The second kappa shape index (κ2) is 25.0. The first-order valence-corrected chi connectivity index (χ1v) is 25.5. The van der Waals surface area contributed by atoms with Crippen LogP contribution >= 0.6 is 51.5 Å². The average Bonchev–Trinajstić information content (AvgIpc) is 4.04. The number of amides is 1. The third-order valence-corrected chi connectivity index (χ3v) is 14.6. The van der Waals surface area contributed by atoms with E-state index in [4.69, 9.17) is 32.7 Å². The number of nitrogens with one attached hydrogen (secondary N) is 4. The lowest BCUT2D eigenvalue weighted by molar-refractivity contribution is -0.114. The quantitative estimate of drug-likeness (QED) is 0.0606. The summed E-state index contributed by atoms with van der Waals surface area (Å²) in [6.07, 6.45) is 21.0. The lowest BCUT2D eigenvalue weighted by Gasteiger charge is -2.38. The number of benzene rings is 4. The van der Waals surface area contributed by atoms with Crippen molar-refractivity contribution in [2.24, 2.45) is 10.8 Å². The van der Waals surface area contributed by atoms with Crippen LogP contribution in [0.3, 0.4) is 0 Å². The summed E-state index contributed by atoms with van der Waals surface area (Å²) in [6.45, 7) is 5.59. The number of allylic oxidation sites excluding steroid dienone is 2. The zero-order valence-corrected chi connectivity index (χ0v) is 43.9. The van der Waals surface area contributed by atoms with E-state index in [9.17, 15) is 18.4 Å². The summed E-state index contributed by atoms with van der Waals surface area (Å²) in [4.78, 5) is 44.4. The number of anilines is 5. The summed E-state index contributed by atoms with van der Waals surface area (Å²) in [7, 11) is 3.08. The van der Waals surface area contributed by atoms with E-state index in [2.05, 4.69) is 62.0 Å². The van der Waals surface area contributed by atoms with Crippen molar-refractivity contribution in [2.75, 3.05) is 68.2 Å². The topological polar surface area (TPSA) is 156 Å². The fourth-order valence-electron chi connectivity index (χ4n) is 9.50. The fraction of sp³-hybridized carbons (Fsp3) is 0.358. The highest BCUT2D eigenvalue weighted by atomic mass is 79.9. The van der Waals surface area contributed by atoms with E-state index in [-0.39, 0.29) is 40.6 Å². The first kappa shape index (κ1) is 54.3. The molecule has 6 aromatic rings. The van der Waals surface area contributed by atoms with Crippen LogP contribution in [0.15, 0.2) is 97.6 Å². The number of ether oxygens (including phenoxy) is 2. The number of fused-ring (bicyclic) bond motifs is 2. The van der Waals surface area contributed by atoms with Gasteiger partial charge in [-0.15, -0.1) is 12.4 Å². The summed E-state index contributed by atoms with van der Waals surface area (Å²) in [5, 5.41) is 14.6. The molecule has 4 aromatic carbocycles. The van der Waals surface area contributed by atoms with Crippen LogP contribution in [0.5, 0.6) is 11.5 Å². The van der Waals surface area contributed by atoms with Crippen molar-refractivity contribution in [3.63, 3.8) is 0 Å². The molecule has 4 aliphatic rings. The molecule has 380 valence electrons.